The summed E-state index contributed by atoms with van der Waals surface area (Å²) in [5.74, 6) is 0.450. The van der Waals surface area contributed by atoms with Crippen LogP contribution in [0.25, 0.3) is 10.2 Å². The maximum absolute atomic E-state index is 12.7. The number of nitrogens with zero attached hydrogens (tertiary/aromatic N) is 3. The summed E-state index contributed by atoms with van der Waals surface area (Å²) in [4.78, 5) is 32.9. The van der Waals surface area contributed by atoms with Crippen LogP contribution in [0, 0.1) is 0 Å². The Morgan fingerprint density at radius 1 is 1.27 bits per heavy atom. The Hall–Kier alpha value is -2.38. The molecule has 1 amide bonds. The summed E-state index contributed by atoms with van der Waals surface area (Å²) in [6, 6.07) is 7.07. The minimum Gasteiger partial charge on any atom is -0.482 e. The Kier molecular flexibility index (Phi) is 4.42. The van der Waals surface area contributed by atoms with Crippen molar-refractivity contribution in [2.75, 3.05) is 18.1 Å². The minimum absolute atomic E-state index is 0.0226. The molecule has 0 saturated heterocycles. The van der Waals surface area contributed by atoms with Gasteiger partial charge in [-0.3, -0.25) is 14.2 Å². The van der Waals surface area contributed by atoms with Gasteiger partial charge < -0.3 is 9.64 Å². The number of benzene rings is 1. The lowest BCUT2D eigenvalue weighted by molar-refractivity contribution is -0.121. The van der Waals surface area contributed by atoms with Crippen molar-refractivity contribution in [1.29, 1.82) is 0 Å². The minimum atomic E-state index is -0.161. The van der Waals surface area contributed by atoms with Gasteiger partial charge in [0.25, 0.3) is 11.5 Å². The predicted molar refractivity (Wildman–Crippen MR) is 103 cm³/mol. The summed E-state index contributed by atoms with van der Waals surface area (Å²) in [6.45, 7) is 2.71. The number of aromatic nitrogens is 2. The van der Waals surface area contributed by atoms with Crippen LogP contribution in [0.4, 0.5) is 5.69 Å². The van der Waals surface area contributed by atoms with E-state index in [1.807, 2.05) is 6.07 Å². The summed E-state index contributed by atoms with van der Waals surface area (Å²) < 4.78 is 6.98. The molecule has 8 heteroatoms. The third kappa shape index (κ3) is 2.97. The molecular formula is C18H16ClN3O3S. The number of rotatable bonds is 4. The van der Waals surface area contributed by atoms with Gasteiger partial charge in [-0.2, -0.15) is 0 Å². The number of carbonyl (C=O) groups is 1. The lowest BCUT2D eigenvalue weighted by Crippen LogP contribution is -2.41. The largest absolute Gasteiger partial charge is 0.482 e. The van der Waals surface area contributed by atoms with Crippen LogP contribution in [-0.4, -0.2) is 28.6 Å². The van der Waals surface area contributed by atoms with Crippen molar-refractivity contribution < 1.29 is 9.53 Å². The van der Waals surface area contributed by atoms with Gasteiger partial charge in [0, 0.05) is 23.0 Å². The number of anilines is 1. The zero-order valence-electron chi connectivity index (χ0n) is 14.1. The van der Waals surface area contributed by atoms with Crippen LogP contribution in [0.2, 0.25) is 5.02 Å². The fourth-order valence-electron chi connectivity index (χ4n) is 2.97. The smallest absolute Gasteiger partial charge is 0.265 e. The van der Waals surface area contributed by atoms with Gasteiger partial charge in [-0.25, -0.2) is 4.98 Å². The van der Waals surface area contributed by atoms with Gasteiger partial charge in [0.2, 0.25) is 0 Å². The van der Waals surface area contributed by atoms with E-state index in [4.69, 9.17) is 16.3 Å². The van der Waals surface area contributed by atoms with E-state index in [-0.39, 0.29) is 18.1 Å². The highest BCUT2D eigenvalue weighted by atomic mass is 35.5. The molecule has 134 valence electrons. The normalized spacial score (nSPS) is 13.8. The molecule has 0 unspecified atom stereocenters. The zero-order valence-corrected chi connectivity index (χ0v) is 15.6. The third-order valence-corrected chi connectivity index (χ3v) is 5.77. The summed E-state index contributed by atoms with van der Waals surface area (Å²) in [6.07, 6.45) is 2.42. The van der Waals surface area contributed by atoms with Gasteiger partial charge in [-0.1, -0.05) is 18.5 Å². The van der Waals surface area contributed by atoms with Crippen molar-refractivity contribution in [2.24, 2.45) is 0 Å². The molecule has 0 N–H and O–H groups in total. The number of hydrogen-bond donors (Lipinski definition) is 0. The molecule has 1 aromatic carbocycles. The summed E-state index contributed by atoms with van der Waals surface area (Å²) in [5, 5.41) is 1.16. The van der Waals surface area contributed by atoms with E-state index in [0.29, 0.717) is 34.9 Å². The van der Waals surface area contributed by atoms with E-state index in [0.717, 1.165) is 16.1 Å². The molecule has 6 nitrogen and oxygen atoms in total. The molecule has 26 heavy (non-hydrogen) atoms. The number of fused-ring (bicyclic) bond motifs is 2. The number of aryl methyl sites for hydroxylation is 1. The van der Waals surface area contributed by atoms with Crippen molar-refractivity contribution in [3.63, 3.8) is 0 Å². The quantitative estimate of drug-likeness (QED) is 0.687. The highest BCUT2D eigenvalue weighted by Gasteiger charge is 2.25. The van der Waals surface area contributed by atoms with Gasteiger partial charge >= 0.3 is 0 Å². The van der Waals surface area contributed by atoms with Crippen LogP contribution in [0.3, 0.4) is 0 Å². The van der Waals surface area contributed by atoms with E-state index in [1.54, 1.807) is 34.0 Å². The zero-order chi connectivity index (χ0) is 18.3. The van der Waals surface area contributed by atoms with Gasteiger partial charge in [0.15, 0.2) is 6.61 Å². The van der Waals surface area contributed by atoms with E-state index in [2.05, 4.69) is 11.9 Å². The Bertz CT molecular complexity index is 1060. The van der Waals surface area contributed by atoms with Gasteiger partial charge in [-0.05, 0) is 30.7 Å². The number of carbonyl (C=O) groups excluding carboxylic acids is 1. The van der Waals surface area contributed by atoms with Crippen molar-refractivity contribution in [1.82, 2.24) is 9.55 Å². The molecule has 1 aliphatic heterocycles. The van der Waals surface area contributed by atoms with E-state index < -0.39 is 0 Å². The first-order valence-corrected chi connectivity index (χ1v) is 9.47. The number of amides is 1. The Labute approximate surface area is 158 Å². The Morgan fingerprint density at radius 2 is 2.12 bits per heavy atom. The Morgan fingerprint density at radius 3 is 2.92 bits per heavy atom. The summed E-state index contributed by atoms with van der Waals surface area (Å²) >= 11 is 7.59. The van der Waals surface area contributed by atoms with Crippen molar-refractivity contribution in [2.45, 2.75) is 19.9 Å². The lowest BCUT2D eigenvalue weighted by atomic mass is 10.2. The molecule has 0 saturated carbocycles. The maximum Gasteiger partial charge on any atom is 0.265 e. The van der Waals surface area contributed by atoms with E-state index in [9.17, 15) is 9.59 Å². The molecule has 0 aliphatic carbocycles. The van der Waals surface area contributed by atoms with Crippen molar-refractivity contribution in [3.8, 4) is 5.75 Å². The highest BCUT2D eigenvalue weighted by molar-refractivity contribution is 7.18. The molecular weight excluding hydrogens is 374 g/mol. The van der Waals surface area contributed by atoms with Crippen LogP contribution >= 0.6 is 22.9 Å². The average Bonchev–Trinajstić information content (AvgIpc) is 3.07. The van der Waals surface area contributed by atoms with Crippen LogP contribution < -0.4 is 15.2 Å². The third-order valence-electron chi connectivity index (χ3n) is 4.35. The number of halogens is 1. The topological polar surface area (TPSA) is 64.4 Å². The first kappa shape index (κ1) is 17.1. The second kappa shape index (κ2) is 6.74. The maximum atomic E-state index is 12.7. The van der Waals surface area contributed by atoms with Crippen molar-refractivity contribution in [3.05, 3.63) is 50.8 Å². The monoisotopic (exact) mass is 389 g/mol. The summed E-state index contributed by atoms with van der Waals surface area (Å²) in [5.41, 5.74) is 0.539. The van der Waals surface area contributed by atoms with Crippen molar-refractivity contribution >= 4 is 44.7 Å². The molecule has 0 radical (unpaired) electrons. The van der Waals surface area contributed by atoms with Gasteiger partial charge in [0.1, 0.15) is 10.6 Å². The fraction of sp³-hybridized carbons (Fsp3) is 0.278. The first-order chi connectivity index (χ1) is 12.6. The predicted octanol–water partition coefficient (Wildman–Crippen LogP) is 3.10. The van der Waals surface area contributed by atoms with Gasteiger partial charge in [0.05, 0.1) is 17.4 Å². The van der Waals surface area contributed by atoms with Crippen LogP contribution in [0.1, 0.15) is 11.8 Å². The standard InChI is InChI=1S/C18H16ClN3O3S/c1-2-12-8-13-17(26-12)20-10-21(18(13)24)5-6-22-14-7-11(19)3-4-15(14)25-9-16(22)23/h3-4,7-8,10H,2,5-6,9H2,1H3. The average molecular weight is 390 g/mol. The van der Waals surface area contributed by atoms with E-state index >= 15 is 0 Å². The molecule has 4 rings (SSSR count). The van der Waals surface area contributed by atoms with E-state index in [1.165, 1.54) is 11.3 Å². The number of thiophene rings is 1. The van der Waals surface area contributed by atoms with Crippen LogP contribution in [-0.2, 0) is 17.8 Å². The molecule has 0 fully saturated rings. The molecule has 0 spiro atoms. The van der Waals surface area contributed by atoms with Gasteiger partial charge in [-0.15, -0.1) is 11.3 Å². The highest BCUT2D eigenvalue weighted by Crippen LogP contribution is 2.34. The lowest BCUT2D eigenvalue weighted by Gasteiger charge is -2.29. The van der Waals surface area contributed by atoms with Crippen LogP contribution in [0.5, 0.6) is 5.75 Å². The molecule has 2 aromatic heterocycles. The second-order valence-corrected chi connectivity index (χ2v) is 7.53. The molecule has 3 aromatic rings. The molecule has 0 atom stereocenters. The molecule has 3 heterocycles. The Balaban J connectivity index is 1.62. The van der Waals surface area contributed by atoms with Crippen LogP contribution in [0.15, 0.2) is 35.4 Å². The molecule has 1 aliphatic rings. The molecule has 0 bridgehead atoms. The number of ether oxygens (including phenoxy) is 1. The number of hydrogen-bond acceptors (Lipinski definition) is 5. The second-order valence-electron chi connectivity index (χ2n) is 5.97. The fourth-order valence-corrected chi connectivity index (χ4v) is 4.06. The first-order valence-electron chi connectivity index (χ1n) is 8.27. The summed E-state index contributed by atoms with van der Waals surface area (Å²) in [7, 11) is 0. The SMILES string of the molecule is CCc1cc2c(=O)n(CCN3C(=O)COc4ccc(Cl)cc43)cnc2s1.